The molecule has 0 amide bonds. The van der Waals surface area contributed by atoms with Crippen LogP contribution >= 0.6 is 0 Å². The van der Waals surface area contributed by atoms with Gasteiger partial charge in [0.15, 0.2) is 11.5 Å². The third-order valence-corrected chi connectivity index (χ3v) is 3.85. The molecule has 0 aliphatic carbocycles. The molecule has 0 bridgehead atoms. The van der Waals surface area contributed by atoms with Crippen LogP contribution in [-0.2, 0) is 13.1 Å². The van der Waals surface area contributed by atoms with Gasteiger partial charge in [-0.15, -0.1) is 0 Å². The van der Waals surface area contributed by atoms with Crippen LogP contribution in [0.5, 0.6) is 11.5 Å². The van der Waals surface area contributed by atoms with Crippen LogP contribution in [0.2, 0.25) is 0 Å². The van der Waals surface area contributed by atoms with Gasteiger partial charge in [0.2, 0.25) is 0 Å². The van der Waals surface area contributed by atoms with E-state index in [2.05, 4.69) is 11.8 Å². The largest absolute Gasteiger partial charge is 0.493 e. The predicted molar refractivity (Wildman–Crippen MR) is 92.4 cm³/mol. The van der Waals surface area contributed by atoms with Gasteiger partial charge in [-0.3, -0.25) is 15.0 Å². The first-order valence-corrected chi connectivity index (χ1v) is 7.74. The van der Waals surface area contributed by atoms with E-state index < -0.39 is 0 Å². The molecule has 0 heterocycles. The lowest BCUT2D eigenvalue weighted by Gasteiger charge is -2.21. The molecule has 0 fully saturated rings. The third kappa shape index (κ3) is 4.45. The van der Waals surface area contributed by atoms with Crippen LogP contribution in [0.25, 0.3) is 0 Å². The van der Waals surface area contributed by atoms with Crippen LogP contribution in [0, 0.1) is 10.1 Å². The van der Waals surface area contributed by atoms with Gasteiger partial charge in [-0.25, -0.2) is 0 Å². The van der Waals surface area contributed by atoms with Crippen LogP contribution < -0.4 is 9.47 Å². The Kier molecular flexibility index (Phi) is 6.14. The second kappa shape index (κ2) is 8.31. The van der Waals surface area contributed by atoms with Crippen molar-refractivity contribution in [2.45, 2.75) is 20.0 Å². The molecule has 2 aromatic rings. The number of nitro benzene ring substituents is 1. The van der Waals surface area contributed by atoms with Gasteiger partial charge in [-0.1, -0.05) is 25.1 Å². The first-order chi connectivity index (χ1) is 11.6. The average molecular weight is 330 g/mol. The Balaban J connectivity index is 2.07. The predicted octanol–water partition coefficient (Wildman–Crippen LogP) is 3.63. The lowest BCUT2D eigenvalue weighted by Crippen LogP contribution is -2.22. The second-order valence-electron chi connectivity index (χ2n) is 5.42. The molecule has 0 unspecified atom stereocenters. The highest BCUT2D eigenvalue weighted by Crippen LogP contribution is 2.28. The molecule has 0 aliphatic rings. The Morgan fingerprint density at radius 1 is 0.958 bits per heavy atom. The number of rotatable bonds is 8. The van der Waals surface area contributed by atoms with E-state index in [9.17, 15) is 10.1 Å². The van der Waals surface area contributed by atoms with Crippen molar-refractivity contribution in [3.05, 3.63) is 63.7 Å². The van der Waals surface area contributed by atoms with Crippen molar-refractivity contribution in [1.82, 2.24) is 4.90 Å². The number of hydrogen-bond donors (Lipinski definition) is 0. The summed E-state index contributed by atoms with van der Waals surface area (Å²) < 4.78 is 10.6. The van der Waals surface area contributed by atoms with E-state index in [0.717, 1.165) is 30.8 Å². The van der Waals surface area contributed by atoms with Crippen LogP contribution in [0.1, 0.15) is 18.1 Å². The minimum Gasteiger partial charge on any atom is -0.493 e. The second-order valence-corrected chi connectivity index (χ2v) is 5.42. The molecule has 6 heteroatoms. The number of nitro groups is 1. The molecule has 0 atom stereocenters. The van der Waals surface area contributed by atoms with E-state index in [4.69, 9.17) is 9.47 Å². The van der Waals surface area contributed by atoms with Gasteiger partial charge in [-0.05, 0) is 29.8 Å². The minimum atomic E-state index is -0.384. The smallest absolute Gasteiger partial charge is 0.269 e. The summed E-state index contributed by atoms with van der Waals surface area (Å²) in [5.74, 6) is 1.42. The summed E-state index contributed by atoms with van der Waals surface area (Å²) in [6, 6.07) is 12.6. The first-order valence-electron chi connectivity index (χ1n) is 7.74. The van der Waals surface area contributed by atoms with Crippen LogP contribution in [0.15, 0.2) is 42.5 Å². The summed E-state index contributed by atoms with van der Waals surface area (Å²) in [5, 5.41) is 10.7. The zero-order chi connectivity index (χ0) is 17.5. The Bertz CT molecular complexity index is 686. The summed E-state index contributed by atoms with van der Waals surface area (Å²) in [5.41, 5.74) is 2.28. The molecular weight excluding hydrogens is 308 g/mol. The highest BCUT2D eigenvalue weighted by molar-refractivity contribution is 5.42. The SMILES string of the molecule is CCN(Cc1ccc([N+](=O)[O-])cc1)Cc1ccc(OC)c(OC)c1. The molecule has 128 valence electrons. The fourth-order valence-electron chi connectivity index (χ4n) is 2.50. The molecule has 0 aliphatic heterocycles. The van der Waals surface area contributed by atoms with Crippen molar-refractivity contribution >= 4 is 5.69 Å². The molecule has 0 spiro atoms. The molecule has 0 saturated carbocycles. The van der Waals surface area contributed by atoms with Crippen molar-refractivity contribution in [2.24, 2.45) is 0 Å². The normalized spacial score (nSPS) is 10.7. The standard InChI is InChI=1S/C18H22N2O4/c1-4-19(12-14-5-8-16(9-6-14)20(21)22)13-15-7-10-17(23-2)18(11-15)24-3/h5-11H,4,12-13H2,1-3H3. The molecule has 0 radical (unpaired) electrons. The van der Waals surface area contributed by atoms with Gasteiger partial charge < -0.3 is 9.47 Å². The Morgan fingerprint density at radius 3 is 2.08 bits per heavy atom. The van der Waals surface area contributed by atoms with E-state index in [1.165, 1.54) is 0 Å². The summed E-state index contributed by atoms with van der Waals surface area (Å²) in [6.07, 6.45) is 0. The summed E-state index contributed by atoms with van der Waals surface area (Å²) in [7, 11) is 3.24. The molecule has 6 nitrogen and oxygen atoms in total. The number of hydrogen-bond acceptors (Lipinski definition) is 5. The fraction of sp³-hybridized carbons (Fsp3) is 0.333. The lowest BCUT2D eigenvalue weighted by molar-refractivity contribution is -0.384. The van der Waals surface area contributed by atoms with Gasteiger partial charge in [0, 0.05) is 25.2 Å². The molecule has 0 saturated heterocycles. The lowest BCUT2D eigenvalue weighted by atomic mass is 10.1. The van der Waals surface area contributed by atoms with E-state index in [-0.39, 0.29) is 10.6 Å². The zero-order valence-electron chi connectivity index (χ0n) is 14.2. The topological polar surface area (TPSA) is 64.8 Å². The van der Waals surface area contributed by atoms with Crippen LogP contribution in [0.3, 0.4) is 0 Å². The van der Waals surface area contributed by atoms with Gasteiger partial charge in [0.1, 0.15) is 0 Å². The van der Waals surface area contributed by atoms with Crippen LogP contribution in [0.4, 0.5) is 5.69 Å². The highest BCUT2D eigenvalue weighted by Gasteiger charge is 2.10. The van der Waals surface area contributed by atoms with Gasteiger partial charge in [0.05, 0.1) is 19.1 Å². The first kappa shape index (κ1) is 17.7. The molecule has 2 rings (SSSR count). The van der Waals surface area contributed by atoms with Gasteiger partial charge in [-0.2, -0.15) is 0 Å². The van der Waals surface area contributed by atoms with Crippen molar-refractivity contribution in [2.75, 3.05) is 20.8 Å². The molecule has 24 heavy (non-hydrogen) atoms. The van der Waals surface area contributed by atoms with Crippen molar-refractivity contribution in [3.8, 4) is 11.5 Å². The Morgan fingerprint density at radius 2 is 1.54 bits per heavy atom. The van der Waals surface area contributed by atoms with E-state index in [1.54, 1.807) is 38.5 Å². The quantitative estimate of drug-likeness (QED) is 0.546. The fourth-order valence-corrected chi connectivity index (χ4v) is 2.50. The van der Waals surface area contributed by atoms with E-state index >= 15 is 0 Å². The highest BCUT2D eigenvalue weighted by atomic mass is 16.6. The van der Waals surface area contributed by atoms with Crippen molar-refractivity contribution in [1.29, 1.82) is 0 Å². The Labute approximate surface area is 141 Å². The Hall–Kier alpha value is -2.60. The number of non-ortho nitro benzene ring substituents is 1. The maximum absolute atomic E-state index is 10.7. The van der Waals surface area contributed by atoms with Gasteiger partial charge >= 0.3 is 0 Å². The zero-order valence-corrected chi connectivity index (χ0v) is 14.2. The van der Waals surface area contributed by atoms with Gasteiger partial charge in [0.25, 0.3) is 5.69 Å². The number of nitrogens with zero attached hydrogens (tertiary/aromatic N) is 2. The number of methoxy groups -OCH3 is 2. The van der Waals surface area contributed by atoms with Crippen molar-refractivity contribution in [3.63, 3.8) is 0 Å². The monoisotopic (exact) mass is 330 g/mol. The maximum Gasteiger partial charge on any atom is 0.269 e. The average Bonchev–Trinajstić information content (AvgIpc) is 2.61. The van der Waals surface area contributed by atoms with Crippen LogP contribution in [-0.4, -0.2) is 30.6 Å². The molecule has 2 aromatic carbocycles. The van der Waals surface area contributed by atoms with E-state index in [0.29, 0.717) is 11.5 Å². The number of ether oxygens (including phenoxy) is 2. The summed E-state index contributed by atoms with van der Waals surface area (Å²) >= 11 is 0. The molecular formula is C18H22N2O4. The third-order valence-electron chi connectivity index (χ3n) is 3.85. The van der Waals surface area contributed by atoms with E-state index in [1.807, 2.05) is 18.2 Å². The summed E-state index contributed by atoms with van der Waals surface area (Å²) in [6.45, 7) is 4.44. The molecule has 0 aromatic heterocycles. The summed E-state index contributed by atoms with van der Waals surface area (Å²) in [4.78, 5) is 12.6. The maximum atomic E-state index is 10.7. The van der Waals surface area contributed by atoms with Crippen molar-refractivity contribution < 1.29 is 14.4 Å². The molecule has 0 N–H and O–H groups in total. The minimum absolute atomic E-state index is 0.113. The number of benzene rings is 2.